The van der Waals surface area contributed by atoms with E-state index >= 15 is 0 Å². The van der Waals surface area contributed by atoms with Crippen molar-refractivity contribution in [3.05, 3.63) is 35.9 Å². The molecule has 0 aromatic heterocycles. The van der Waals surface area contributed by atoms with Gasteiger partial charge in [0.2, 0.25) is 0 Å². The SMILES string of the molecule is COC(O)C(O)c1ccccc1. The van der Waals surface area contributed by atoms with E-state index in [1.54, 1.807) is 24.3 Å². The second kappa shape index (κ2) is 4.21. The van der Waals surface area contributed by atoms with Crippen LogP contribution in [0.1, 0.15) is 11.7 Å². The van der Waals surface area contributed by atoms with Crippen molar-refractivity contribution < 1.29 is 14.9 Å². The third-order valence-electron chi connectivity index (χ3n) is 1.65. The lowest BCUT2D eigenvalue weighted by Crippen LogP contribution is -2.19. The summed E-state index contributed by atoms with van der Waals surface area (Å²) in [6.07, 6.45) is -2.14. The molecule has 3 nitrogen and oxygen atoms in total. The van der Waals surface area contributed by atoms with E-state index in [1.165, 1.54) is 7.11 Å². The van der Waals surface area contributed by atoms with Crippen LogP contribution in [0.3, 0.4) is 0 Å². The molecular weight excluding hydrogens is 156 g/mol. The van der Waals surface area contributed by atoms with E-state index in [-0.39, 0.29) is 0 Å². The summed E-state index contributed by atoms with van der Waals surface area (Å²) in [5.41, 5.74) is 0.645. The summed E-state index contributed by atoms with van der Waals surface area (Å²) in [5, 5.41) is 18.5. The molecule has 1 rings (SSSR count). The fourth-order valence-corrected chi connectivity index (χ4v) is 0.944. The highest BCUT2D eigenvalue weighted by Gasteiger charge is 2.16. The highest BCUT2D eigenvalue weighted by atomic mass is 16.6. The van der Waals surface area contributed by atoms with Crippen LogP contribution in [0.15, 0.2) is 30.3 Å². The first-order valence-electron chi connectivity index (χ1n) is 3.69. The summed E-state index contributed by atoms with van der Waals surface area (Å²) in [5.74, 6) is 0. The van der Waals surface area contributed by atoms with Gasteiger partial charge in [0.05, 0.1) is 0 Å². The molecule has 12 heavy (non-hydrogen) atoms. The van der Waals surface area contributed by atoms with E-state index in [0.717, 1.165) is 0 Å². The van der Waals surface area contributed by atoms with E-state index in [2.05, 4.69) is 4.74 Å². The van der Waals surface area contributed by atoms with Gasteiger partial charge >= 0.3 is 0 Å². The monoisotopic (exact) mass is 168 g/mol. The Morgan fingerprint density at radius 1 is 1.17 bits per heavy atom. The molecule has 0 saturated heterocycles. The largest absolute Gasteiger partial charge is 0.383 e. The molecular formula is C9H12O3. The van der Waals surface area contributed by atoms with Gasteiger partial charge in [0.25, 0.3) is 0 Å². The number of methoxy groups -OCH3 is 1. The summed E-state index contributed by atoms with van der Waals surface area (Å²) in [6.45, 7) is 0. The predicted octanol–water partition coefficient (Wildman–Crippen LogP) is 0.685. The quantitative estimate of drug-likeness (QED) is 0.653. The van der Waals surface area contributed by atoms with E-state index < -0.39 is 12.4 Å². The Morgan fingerprint density at radius 2 is 1.75 bits per heavy atom. The molecule has 2 unspecified atom stereocenters. The maximum absolute atomic E-state index is 9.41. The number of benzene rings is 1. The zero-order valence-electron chi connectivity index (χ0n) is 6.84. The van der Waals surface area contributed by atoms with Gasteiger partial charge in [-0.25, -0.2) is 0 Å². The third-order valence-corrected chi connectivity index (χ3v) is 1.65. The summed E-state index contributed by atoms with van der Waals surface area (Å²) in [4.78, 5) is 0. The maximum Gasteiger partial charge on any atom is 0.184 e. The van der Waals surface area contributed by atoms with Gasteiger partial charge in [0.1, 0.15) is 6.10 Å². The molecule has 2 N–H and O–H groups in total. The van der Waals surface area contributed by atoms with E-state index in [0.29, 0.717) is 5.56 Å². The van der Waals surface area contributed by atoms with Crippen LogP contribution < -0.4 is 0 Å². The van der Waals surface area contributed by atoms with Gasteiger partial charge in [-0.1, -0.05) is 30.3 Å². The molecule has 0 aliphatic rings. The molecule has 1 aromatic carbocycles. The first-order valence-corrected chi connectivity index (χ1v) is 3.69. The summed E-state index contributed by atoms with van der Waals surface area (Å²) < 4.78 is 4.57. The zero-order chi connectivity index (χ0) is 8.97. The Labute approximate surface area is 71.2 Å². The fourth-order valence-electron chi connectivity index (χ4n) is 0.944. The number of rotatable bonds is 3. The molecule has 1 aromatic rings. The van der Waals surface area contributed by atoms with Crippen LogP contribution in [0, 0.1) is 0 Å². The van der Waals surface area contributed by atoms with E-state index in [1.807, 2.05) is 6.07 Å². The molecule has 0 aliphatic heterocycles. The van der Waals surface area contributed by atoms with Gasteiger partial charge in [-0.15, -0.1) is 0 Å². The van der Waals surface area contributed by atoms with Crippen molar-refractivity contribution in [2.24, 2.45) is 0 Å². The molecule has 0 saturated carbocycles. The smallest absolute Gasteiger partial charge is 0.184 e. The average molecular weight is 168 g/mol. The molecule has 0 spiro atoms. The molecule has 0 radical (unpaired) electrons. The molecule has 3 heteroatoms. The molecule has 0 amide bonds. The van der Waals surface area contributed by atoms with Gasteiger partial charge in [0.15, 0.2) is 6.29 Å². The van der Waals surface area contributed by atoms with Gasteiger partial charge in [-0.2, -0.15) is 0 Å². The molecule has 0 heterocycles. The molecule has 66 valence electrons. The lowest BCUT2D eigenvalue weighted by molar-refractivity contribution is -0.146. The summed E-state index contributed by atoms with van der Waals surface area (Å²) >= 11 is 0. The Balaban J connectivity index is 2.71. The Morgan fingerprint density at radius 3 is 2.25 bits per heavy atom. The molecule has 2 atom stereocenters. The maximum atomic E-state index is 9.41. The van der Waals surface area contributed by atoms with Crippen LogP contribution in [-0.4, -0.2) is 23.6 Å². The number of hydrogen-bond acceptors (Lipinski definition) is 3. The Kier molecular flexibility index (Phi) is 3.22. The minimum absolute atomic E-state index is 0.645. The van der Waals surface area contributed by atoms with E-state index in [4.69, 9.17) is 5.11 Å². The van der Waals surface area contributed by atoms with E-state index in [9.17, 15) is 5.11 Å². The standard InChI is InChI=1S/C9H12O3/c1-12-9(11)8(10)7-5-3-2-4-6-7/h2-6,8-11H,1H3. The highest BCUT2D eigenvalue weighted by molar-refractivity contribution is 5.17. The zero-order valence-corrected chi connectivity index (χ0v) is 6.84. The lowest BCUT2D eigenvalue weighted by atomic mass is 10.1. The average Bonchev–Trinajstić information content (AvgIpc) is 2.17. The minimum Gasteiger partial charge on any atom is -0.383 e. The topological polar surface area (TPSA) is 49.7 Å². The minimum atomic E-state index is -1.16. The van der Waals surface area contributed by atoms with Crippen LogP contribution in [-0.2, 0) is 4.74 Å². The lowest BCUT2D eigenvalue weighted by Gasteiger charge is -2.15. The van der Waals surface area contributed by atoms with Gasteiger partial charge in [0, 0.05) is 7.11 Å². The van der Waals surface area contributed by atoms with Crippen molar-refractivity contribution in [3.8, 4) is 0 Å². The summed E-state index contributed by atoms with van der Waals surface area (Å²) in [6, 6.07) is 8.89. The molecule has 0 fully saturated rings. The van der Waals surface area contributed by atoms with Crippen molar-refractivity contribution in [1.29, 1.82) is 0 Å². The first-order chi connectivity index (χ1) is 5.75. The number of aliphatic hydroxyl groups is 2. The van der Waals surface area contributed by atoms with Crippen LogP contribution in [0.5, 0.6) is 0 Å². The second-order valence-corrected chi connectivity index (χ2v) is 2.48. The first kappa shape index (κ1) is 9.19. The number of ether oxygens (including phenoxy) is 1. The normalized spacial score (nSPS) is 15.6. The van der Waals surface area contributed by atoms with Crippen molar-refractivity contribution >= 4 is 0 Å². The number of aliphatic hydroxyl groups excluding tert-OH is 2. The van der Waals surface area contributed by atoms with Crippen molar-refractivity contribution in [2.75, 3.05) is 7.11 Å². The summed E-state index contributed by atoms with van der Waals surface area (Å²) in [7, 11) is 1.34. The predicted molar refractivity (Wildman–Crippen MR) is 44.4 cm³/mol. The number of hydrogen-bond donors (Lipinski definition) is 2. The van der Waals surface area contributed by atoms with Gasteiger partial charge < -0.3 is 14.9 Å². The van der Waals surface area contributed by atoms with Crippen LogP contribution in [0.2, 0.25) is 0 Å². The highest BCUT2D eigenvalue weighted by Crippen LogP contribution is 2.15. The second-order valence-electron chi connectivity index (χ2n) is 2.48. The molecule has 0 bridgehead atoms. The van der Waals surface area contributed by atoms with Crippen molar-refractivity contribution in [1.82, 2.24) is 0 Å². The van der Waals surface area contributed by atoms with Crippen molar-refractivity contribution in [2.45, 2.75) is 12.4 Å². The Bertz CT molecular complexity index is 222. The van der Waals surface area contributed by atoms with Crippen molar-refractivity contribution in [3.63, 3.8) is 0 Å². The third kappa shape index (κ3) is 2.04. The fraction of sp³-hybridized carbons (Fsp3) is 0.333. The Hall–Kier alpha value is -0.900. The molecule has 0 aliphatic carbocycles. The van der Waals surface area contributed by atoms with Gasteiger partial charge in [-0.05, 0) is 5.56 Å². The van der Waals surface area contributed by atoms with Gasteiger partial charge in [-0.3, -0.25) is 0 Å². The van der Waals surface area contributed by atoms with Crippen LogP contribution in [0.4, 0.5) is 0 Å². The van der Waals surface area contributed by atoms with Crippen LogP contribution >= 0.6 is 0 Å². The van der Waals surface area contributed by atoms with Crippen LogP contribution in [0.25, 0.3) is 0 Å².